The fourth-order valence-electron chi connectivity index (χ4n) is 1.65. The smallest absolute Gasteiger partial charge is 0.322 e. The summed E-state index contributed by atoms with van der Waals surface area (Å²) in [6, 6.07) is 1.33. The molecule has 0 aliphatic carbocycles. The zero-order valence-electron chi connectivity index (χ0n) is 10.4. The lowest BCUT2D eigenvalue weighted by Crippen LogP contribution is -2.34. The maximum atomic E-state index is 11.3. The van der Waals surface area contributed by atoms with E-state index < -0.39 is 5.69 Å². The van der Waals surface area contributed by atoms with Gasteiger partial charge in [-0.05, 0) is 6.42 Å². The van der Waals surface area contributed by atoms with Crippen LogP contribution in [0.3, 0.4) is 0 Å². The minimum absolute atomic E-state index is 0.368. The molecule has 17 heavy (non-hydrogen) atoms. The number of H-pyrrole nitrogens is 1. The number of nitrogens with one attached hydrogen (secondary N) is 2. The van der Waals surface area contributed by atoms with Crippen molar-refractivity contribution in [3.8, 4) is 0 Å². The van der Waals surface area contributed by atoms with Crippen LogP contribution in [0.25, 0.3) is 0 Å². The molecule has 1 rings (SSSR count). The van der Waals surface area contributed by atoms with Gasteiger partial charge in [0.1, 0.15) is 0 Å². The average molecular weight is 239 g/mol. The molecule has 0 aliphatic rings. The molecular weight excluding hydrogens is 218 g/mol. The number of unbranched alkanes of at least 4 members (excludes halogenated alkanes) is 5. The van der Waals surface area contributed by atoms with Crippen molar-refractivity contribution in [3.63, 3.8) is 0 Å². The van der Waals surface area contributed by atoms with Crippen molar-refractivity contribution in [2.45, 2.75) is 45.4 Å². The lowest BCUT2D eigenvalue weighted by molar-refractivity contribution is 0.604. The van der Waals surface area contributed by atoms with Crippen LogP contribution in [0.5, 0.6) is 0 Å². The minimum atomic E-state index is -0.413. The first kappa shape index (κ1) is 13.5. The van der Waals surface area contributed by atoms with Gasteiger partial charge in [0.2, 0.25) is 0 Å². The molecule has 0 fully saturated rings. The molecule has 0 atom stereocenters. The van der Waals surface area contributed by atoms with Crippen LogP contribution in [0.1, 0.15) is 45.4 Å². The fraction of sp³-hybridized carbons (Fsp3) is 0.667. The van der Waals surface area contributed by atoms with Crippen molar-refractivity contribution in [3.05, 3.63) is 33.1 Å². The van der Waals surface area contributed by atoms with Crippen molar-refractivity contribution in [2.24, 2.45) is 0 Å². The van der Waals surface area contributed by atoms with Gasteiger partial charge in [0.15, 0.2) is 0 Å². The van der Waals surface area contributed by atoms with Crippen molar-refractivity contribution in [1.82, 2.24) is 9.66 Å². The second kappa shape index (κ2) is 7.70. The number of hydrogen-bond acceptors (Lipinski definition) is 3. The Kier molecular flexibility index (Phi) is 6.14. The monoisotopic (exact) mass is 239 g/mol. The molecule has 5 heteroatoms. The molecule has 1 aromatic heterocycles. The molecule has 0 spiro atoms. The Morgan fingerprint density at radius 2 is 1.88 bits per heavy atom. The third-order valence-corrected chi connectivity index (χ3v) is 2.64. The van der Waals surface area contributed by atoms with Gasteiger partial charge in [-0.15, -0.1) is 0 Å². The molecule has 0 saturated heterocycles. The van der Waals surface area contributed by atoms with Gasteiger partial charge >= 0.3 is 5.69 Å². The molecule has 0 aromatic carbocycles. The summed E-state index contributed by atoms with van der Waals surface area (Å²) >= 11 is 0. The number of rotatable bonds is 8. The topological polar surface area (TPSA) is 66.9 Å². The van der Waals surface area contributed by atoms with Crippen molar-refractivity contribution in [1.29, 1.82) is 0 Å². The SMILES string of the molecule is CCCCCCCCNn1ccc(=O)[nH]c1=O. The Bertz CT molecular complexity index is 422. The van der Waals surface area contributed by atoms with Crippen molar-refractivity contribution in [2.75, 3.05) is 12.0 Å². The van der Waals surface area contributed by atoms with E-state index in [4.69, 9.17) is 0 Å². The Hall–Kier alpha value is -1.52. The van der Waals surface area contributed by atoms with Crippen LogP contribution in [0.15, 0.2) is 21.9 Å². The summed E-state index contributed by atoms with van der Waals surface area (Å²) < 4.78 is 1.31. The lowest BCUT2D eigenvalue weighted by Gasteiger charge is -2.07. The third kappa shape index (κ3) is 5.38. The minimum Gasteiger partial charge on any atom is -0.322 e. The van der Waals surface area contributed by atoms with Crippen LogP contribution < -0.4 is 16.7 Å². The highest BCUT2D eigenvalue weighted by molar-refractivity contribution is 4.85. The quantitative estimate of drug-likeness (QED) is 0.675. The predicted octanol–water partition coefficient (Wildman–Crippen LogP) is 1.44. The molecule has 0 amide bonds. The van der Waals surface area contributed by atoms with Gasteiger partial charge in [0, 0.05) is 18.8 Å². The largest absolute Gasteiger partial charge is 0.346 e. The van der Waals surface area contributed by atoms with Crippen LogP contribution in [0, 0.1) is 0 Å². The highest BCUT2D eigenvalue weighted by Gasteiger charge is 1.94. The van der Waals surface area contributed by atoms with E-state index in [-0.39, 0.29) is 5.56 Å². The predicted molar refractivity (Wildman–Crippen MR) is 68.9 cm³/mol. The maximum Gasteiger partial charge on any atom is 0.346 e. The number of hydrogen-bond donors (Lipinski definition) is 2. The summed E-state index contributed by atoms with van der Waals surface area (Å²) in [6.45, 7) is 2.95. The van der Waals surface area contributed by atoms with Crippen LogP contribution >= 0.6 is 0 Å². The Balaban J connectivity index is 2.18. The first-order valence-corrected chi connectivity index (χ1v) is 6.30. The molecule has 96 valence electrons. The van der Waals surface area contributed by atoms with E-state index in [9.17, 15) is 9.59 Å². The molecule has 1 heterocycles. The van der Waals surface area contributed by atoms with Gasteiger partial charge in [-0.2, -0.15) is 0 Å². The number of aromatic amines is 1. The van der Waals surface area contributed by atoms with E-state index in [1.54, 1.807) is 0 Å². The number of nitrogens with zero attached hydrogens (tertiary/aromatic N) is 1. The summed E-state index contributed by atoms with van der Waals surface area (Å²) in [6.07, 6.45) is 8.75. The Morgan fingerprint density at radius 1 is 1.18 bits per heavy atom. The second-order valence-electron chi connectivity index (χ2n) is 4.16. The van der Waals surface area contributed by atoms with Crippen LogP contribution in [-0.2, 0) is 0 Å². The Morgan fingerprint density at radius 3 is 2.59 bits per heavy atom. The van der Waals surface area contributed by atoms with Crippen molar-refractivity contribution < 1.29 is 0 Å². The number of aromatic nitrogens is 2. The molecule has 0 aliphatic heterocycles. The highest BCUT2D eigenvalue weighted by atomic mass is 16.2. The van der Waals surface area contributed by atoms with E-state index in [0.29, 0.717) is 0 Å². The van der Waals surface area contributed by atoms with E-state index in [1.165, 1.54) is 49.0 Å². The average Bonchev–Trinajstić information content (AvgIpc) is 2.30. The molecular formula is C12H21N3O2. The van der Waals surface area contributed by atoms with Gasteiger partial charge in [0.25, 0.3) is 5.56 Å². The van der Waals surface area contributed by atoms with Gasteiger partial charge in [-0.25, -0.2) is 9.47 Å². The van der Waals surface area contributed by atoms with E-state index in [2.05, 4.69) is 17.3 Å². The molecule has 0 bridgehead atoms. The van der Waals surface area contributed by atoms with Gasteiger partial charge in [-0.3, -0.25) is 9.78 Å². The van der Waals surface area contributed by atoms with Crippen LogP contribution in [-0.4, -0.2) is 16.2 Å². The standard InChI is InChI=1S/C12H21N3O2/c1-2-3-4-5-6-7-9-13-15-10-8-11(16)14-12(15)17/h8,10,13H,2-7,9H2,1H3,(H,14,16,17). The molecule has 2 N–H and O–H groups in total. The van der Waals surface area contributed by atoms with Crippen molar-refractivity contribution >= 4 is 0 Å². The lowest BCUT2D eigenvalue weighted by atomic mass is 10.1. The normalized spacial score (nSPS) is 10.4. The van der Waals surface area contributed by atoms with E-state index in [0.717, 1.165) is 13.0 Å². The molecule has 0 saturated carbocycles. The zero-order valence-corrected chi connectivity index (χ0v) is 10.4. The summed E-state index contributed by atoms with van der Waals surface area (Å²) in [7, 11) is 0. The van der Waals surface area contributed by atoms with Crippen LogP contribution in [0.2, 0.25) is 0 Å². The third-order valence-electron chi connectivity index (χ3n) is 2.64. The zero-order chi connectivity index (χ0) is 12.5. The Labute approximate surface area is 101 Å². The van der Waals surface area contributed by atoms with E-state index >= 15 is 0 Å². The summed E-state index contributed by atoms with van der Waals surface area (Å²) in [4.78, 5) is 24.3. The summed E-state index contributed by atoms with van der Waals surface area (Å²) in [5.74, 6) is 0. The van der Waals surface area contributed by atoms with Gasteiger partial charge < -0.3 is 5.43 Å². The molecule has 0 unspecified atom stereocenters. The summed E-state index contributed by atoms with van der Waals surface area (Å²) in [5.41, 5.74) is 2.18. The fourth-order valence-corrected chi connectivity index (χ4v) is 1.65. The molecule has 0 radical (unpaired) electrons. The van der Waals surface area contributed by atoms with Crippen LogP contribution in [0.4, 0.5) is 0 Å². The molecule has 1 aromatic rings. The summed E-state index contributed by atoms with van der Waals surface area (Å²) in [5, 5.41) is 0. The van der Waals surface area contributed by atoms with Gasteiger partial charge in [0.05, 0.1) is 0 Å². The molecule has 5 nitrogen and oxygen atoms in total. The highest BCUT2D eigenvalue weighted by Crippen LogP contribution is 2.03. The second-order valence-corrected chi connectivity index (χ2v) is 4.16. The first-order valence-electron chi connectivity index (χ1n) is 6.30. The van der Waals surface area contributed by atoms with Gasteiger partial charge in [-0.1, -0.05) is 39.0 Å². The van der Waals surface area contributed by atoms with E-state index in [1.807, 2.05) is 0 Å². The first-order chi connectivity index (χ1) is 8.24. The maximum absolute atomic E-state index is 11.3.